The predicted molar refractivity (Wildman–Crippen MR) is 77.1 cm³/mol. The van der Waals surface area contributed by atoms with Crippen LogP contribution in [0.5, 0.6) is 0 Å². The van der Waals surface area contributed by atoms with Gasteiger partial charge in [0.1, 0.15) is 0 Å². The zero-order valence-corrected chi connectivity index (χ0v) is 12.0. The fourth-order valence-electron chi connectivity index (χ4n) is 2.26. The number of aryl methyl sites for hydroxylation is 1. The maximum absolute atomic E-state index is 3.53. The fourth-order valence-corrected chi connectivity index (χ4v) is 2.51. The van der Waals surface area contributed by atoms with E-state index >= 15 is 0 Å². The van der Waals surface area contributed by atoms with Crippen molar-refractivity contribution in [3.05, 3.63) is 45.4 Å². The standard InChI is InChI=1S/C15H20BrN/c1-12-10-14(6-7-15(12)16)11-17-9-8-13-4-2-3-5-13/h4,6-7,10,17H,2-3,5,8-9,11H2,1H3. The Morgan fingerprint density at radius 3 is 2.94 bits per heavy atom. The van der Waals surface area contributed by atoms with Gasteiger partial charge < -0.3 is 5.32 Å². The lowest BCUT2D eigenvalue weighted by Crippen LogP contribution is -2.15. The van der Waals surface area contributed by atoms with Gasteiger partial charge in [0.2, 0.25) is 0 Å². The van der Waals surface area contributed by atoms with E-state index in [-0.39, 0.29) is 0 Å². The van der Waals surface area contributed by atoms with Crippen LogP contribution in [0.4, 0.5) is 0 Å². The first-order valence-corrected chi connectivity index (χ1v) is 7.18. The van der Waals surface area contributed by atoms with Gasteiger partial charge in [0.15, 0.2) is 0 Å². The summed E-state index contributed by atoms with van der Waals surface area (Å²) in [5, 5.41) is 3.52. The molecule has 0 atom stereocenters. The van der Waals surface area contributed by atoms with Gasteiger partial charge in [0, 0.05) is 11.0 Å². The monoisotopic (exact) mass is 293 g/mol. The molecule has 0 saturated heterocycles. The van der Waals surface area contributed by atoms with E-state index in [9.17, 15) is 0 Å². The summed E-state index contributed by atoms with van der Waals surface area (Å²) in [4.78, 5) is 0. The molecule has 0 saturated carbocycles. The largest absolute Gasteiger partial charge is 0.312 e. The number of benzene rings is 1. The van der Waals surface area contributed by atoms with Crippen molar-refractivity contribution in [2.45, 2.75) is 39.2 Å². The van der Waals surface area contributed by atoms with E-state index in [1.54, 1.807) is 5.57 Å². The average molecular weight is 294 g/mol. The lowest BCUT2D eigenvalue weighted by Gasteiger charge is -2.07. The highest BCUT2D eigenvalue weighted by Crippen LogP contribution is 2.20. The van der Waals surface area contributed by atoms with Gasteiger partial charge in [-0.2, -0.15) is 0 Å². The van der Waals surface area contributed by atoms with Crippen LogP contribution < -0.4 is 5.32 Å². The average Bonchev–Trinajstić information content (AvgIpc) is 2.82. The Morgan fingerprint density at radius 1 is 1.35 bits per heavy atom. The Kier molecular flexibility index (Phi) is 4.81. The van der Waals surface area contributed by atoms with Gasteiger partial charge in [-0.15, -0.1) is 0 Å². The number of allylic oxidation sites excluding steroid dienone is 1. The summed E-state index contributed by atoms with van der Waals surface area (Å²) in [5.41, 5.74) is 4.32. The Bertz CT molecular complexity index is 409. The quantitative estimate of drug-likeness (QED) is 0.629. The van der Waals surface area contributed by atoms with Crippen molar-refractivity contribution < 1.29 is 0 Å². The predicted octanol–water partition coefficient (Wildman–Crippen LogP) is 4.35. The van der Waals surface area contributed by atoms with E-state index < -0.39 is 0 Å². The highest BCUT2D eigenvalue weighted by molar-refractivity contribution is 9.10. The summed E-state index contributed by atoms with van der Waals surface area (Å²) in [6, 6.07) is 6.55. The third-order valence-electron chi connectivity index (χ3n) is 3.31. The van der Waals surface area contributed by atoms with E-state index in [1.807, 2.05) is 0 Å². The highest BCUT2D eigenvalue weighted by Gasteiger charge is 2.03. The van der Waals surface area contributed by atoms with Crippen LogP contribution in [0.2, 0.25) is 0 Å². The van der Waals surface area contributed by atoms with Crippen LogP contribution in [-0.4, -0.2) is 6.54 Å². The molecule has 1 nitrogen and oxygen atoms in total. The molecule has 1 aliphatic carbocycles. The molecule has 0 fully saturated rings. The maximum atomic E-state index is 3.53. The normalized spacial score (nSPS) is 15.1. The van der Waals surface area contributed by atoms with Gasteiger partial charge in [-0.05, 0) is 56.3 Å². The topological polar surface area (TPSA) is 12.0 Å². The molecule has 0 radical (unpaired) electrons. The van der Waals surface area contributed by atoms with Crippen LogP contribution >= 0.6 is 15.9 Å². The molecule has 0 aliphatic heterocycles. The Hall–Kier alpha value is -0.600. The summed E-state index contributed by atoms with van der Waals surface area (Å²) < 4.78 is 1.19. The van der Waals surface area contributed by atoms with Crippen molar-refractivity contribution in [1.29, 1.82) is 0 Å². The lowest BCUT2D eigenvalue weighted by atomic mass is 10.1. The Balaban J connectivity index is 1.72. The molecule has 1 aromatic carbocycles. The third-order valence-corrected chi connectivity index (χ3v) is 4.20. The van der Waals surface area contributed by atoms with Gasteiger partial charge in [0.05, 0.1) is 0 Å². The van der Waals surface area contributed by atoms with Crippen molar-refractivity contribution in [3.63, 3.8) is 0 Å². The number of hydrogen-bond acceptors (Lipinski definition) is 1. The van der Waals surface area contributed by atoms with E-state index in [0.29, 0.717) is 0 Å². The fraction of sp³-hybridized carbons (Fsp3) is 0.467. The lowest BCUT2D eigenvalue weighted by molar-refractivity contribution is 0.675. The molecule has 0 spiro atoms. The molecule has 17 heavy (non-hydrogen) atoms. The second-order valence-corrected chi connectivity index (χ2v) is 5.62. The van der Waals surface area contributed by atoms with Gasteiger partial charge in [-0.1, -0.05) is 39.7 Å². The van der Waals surface area contributed by atoms with Gasteiger partial charge in [0.25, 0.3) is 0 Å². The third kappa shape index (κ3) is 3.97. The molecule has 2 heteroatoms. The molecule has 92 valence electrons. The van der Waals surface area contributed by atoms with Crippen molar-refractivity contribution in [3.8, 4) is 0 Å². The number of nitrogens with one attached hydrogen (secondary N) is 1. The SMILES string of the molecule is Cc1cc(CNCCC2=CCCC2)ccc1Br. The summed E-state index contributed by atoms with van der Waals surface area (Å²) in [5.74, 6) is 0. The van der Waals surface area contributed by atoms with Crippen LogP contribution in [0, 0.1) is 6.92 Å². The van der Waals surface area contributed by atoms with Crippen LogP contribution in [0.3, 0.4) is 0 Å². The molecule has 1 aliphatic rings. The molecule has 0 heterocycles. The minimum absolute atomic E-state index is 0.974. The minimum Gasteiger partial charge on any atom is -0.312 e. The van der Waals surface area contributed by atoms with Gasteiger partial charge in [-0.3, -0.25) is 0 Å². The first-order valence-electron chi connectivity index (χ1n) is 6.39. The van der Waals surface area contributed by atoms with Crippen LogP contribution in [0.1, 0.15) is 36.8 Å². The van der Waals surface area contributed by atoms with Crippen LogP contribution in [0.15, 0.2) is 34.3 Å². The summed E-state index contributed by atoms with van der Waals surface area (Å²) in [7, 11) is 0. The van der Waals surface area contributed by atoms with Gasteiger partial charge >= 0.3 is 0 Å². The second-order valence-electron chi connectivity index (χ2n) is 4.76. The van der Waals surface area contributed by atoms with E-state index in [0.717, 1.165) is 13.1 Å². The molecule has 0 unspecified atom stereocenters. The molecule has 1 aromatic rings. The molecule has 1 N–H and O–H groups in total. The van der Waals surface area contributed by atoms with Crippen molar-refractivity contribution in [2.75, 3.05) is 6.54 Å². The molecule has 0 amide bonds. The first-order chi connectivity index (χ1) is 8.25. The highest BCUT2D eigenvalue weighted by atomic mass is 79.9. The number of halogens is 1. The number of hydrogen-bond donors (Lipinski definition) is 1. The maximum Gasteiger partial charge on any atom is 0.0205 e. The Labute approximate surface area is 112 Å². The molecule has 0 bridgehead atoms. The van der Waals surface area contributed by atoms with Crippen LogP contribution in [-0.2, 0) is 6.54 Å². The summed E-state index contributed by atoms with van der Waals surface area (Å²) in [6.45, 7) is 4.21. The zero-order valence-electron chi connectivity index (χ0n) is 10.4. The molecule has 2 rings (SSSR count). The molecule has 0 aromatic heterocycles. The zero-order chi connectivity index (χ0) is 12.1. The minimum atomic E-state index is 0.974. The smallest absolute Gasteiger partial charge is 0.0205 e. The van der Waals surface area contributed by atoms with Crippen LogP contribution in [0.25, 0.3) is 0 Å². The van der Waals surface area contributed by atoms with Crippen molar-refractivity contribution >= 4 is 15.9 Å². The molecular formula is C15H20BrN. The first kappa shape index (κ1) is 12.8. The molecular weight excluding hydrogens is 274 g/mol. The second kappa shape index (κ2) is 6.36. The summed E-state index contributed by atoms with van der Waals surface area (Å²) in [6.07, 6.45) is 7.60. The van der Waals surface area contributed by atoms with E-state index in [1.165, 1.54) is 41.3 Å². The number of rotatable bonds is 5. The van der Waals surface area contributed by atoms with Gasteiger partial charge in [-0.25, -0.2) is 0 Å². The van der Waals surface area contributed by atoms with Crippen molar-refractivity contribution in [2.24, 2.45) is 0 Å². The van der Waals surface area contributed by atoms with Crippen molar-refractivity contribution in [1.82, 2.24) is 5.32 Å². The van der Waals surface area contributed by atoms with E-state index in [2.05, 4.69) is 52.4 Å². The Morgan fingerprint density at radius 2 is 2.24 bits per heavy atom. The van der Waals surface area contributed by atoms with E-state index in [4.69, 9.17) is 0 Å². The summed E-state index contributed by atoms with van der Waals surface area (Å²) >= 11 is 3.53.